The van der Waals surface area contributed by atoms with E-state index in [0.29, 0.717) is 12.5 Å². The molecule has 110 valence electrons. The van der Waals surface area contributed by atoms with Crippen LogP contribution in [0, 0.1) is 0 Å². The molecule has 1 rings (SSSR count). The molecule has 1 fully saturated rings. The van der Waals surface area contributed by atoms with Crippen LogP contribution < -0.4 is 5.32 Å². The molecule has 4 heteroatoms. The average molecular weight is 268 g/mol. The SMILES string of the molecule is CCCCCCC(C)NC1CC(=O)N(C(C)C)C1=O. The Kier molecular flexibility index (Phi) is 6.49. The Balaban J connectivity index is 2.37. The predicted molar refractivity (Wildman–Crippen MR) is 76.8 cm³/mol. The van der Waals surface area contributed by atoms with Crippen LogP contribution in [0.5, 0.6) is 0 Å². The van der Waals surface area contributed by atoms with E-state index in [9.17, 15) is 9.59 Å². The molecule has 2 amide bonds. The molecule has 1 N–H and O–H groups in total. The first-order valence-corrected chi connectivity index (χ1v) is 7.59. The van der Waals surface area contributed by atoms with Gasteiger partial charge in [-0.2, -0.15) is 0 Å². The van der Waals surface area contributed by atoms with Crippen LogP contribution in [-0.2, 0) is 9.59 Å². The van der Waals surface area contributed by atoms with Crippen LogP contribution in [0.1, 0.15) is 66.2 Å². The third kappa shape index (κ3) is 4.60. The zero-order valence-corrected chi connectivity index (χ0v) is 12.7. The molecule has 1 saturated heterocycles. The monoisotopic (exact) mass is 268 g/mol. The van der Waals surface area contributed by atoms with E-state index in [0.717, 1.165) is 6.42 Å². The van der Waals surface area contributed by atoms with Gasteiger partial charge in [0.15, 0.2) is 0 Å². The van der Waals surface area contributed by atoms with Crippen molar-refractivity contribution in [2.24, 2.45) is 0 Å². The van der Waals surface area contributed by atoms with Gasteiger partial charge in [-0.15, -0.1) is 0 Å². The fraction of sp³-hybridized carbons (Fsp3) is 0.867. The number of rotatable bonds is 8. The Hall–Kier alpha value is -0.900. The number of nitrogens with zero attached hydrogens (tertiary/aromatic N) is 1. The molecule has 1 aliphatic rings. The summed E-state index contributed by atoms with van der Waals surface area (Å²) in [5.74, 6) is -0.101. The number of imide groups is 1. The number of nitrogens with one attached hydrogen (secondary N) is 1. The van der Waals surface area contributed by atoms with Gasteiger partial charge in [-0.05, 0) is 27.2 Å². The molecule has 0 spiro atoms. The highest BCUT2D eigenvalue weighted by Gasteiger charge is 2.40. The first kappa shape index (κ1) is 16.2. The van der Waals surface area contributed by atoms with Crippen LogP contribution in [0.4, 0.5) is 0 Å². The lowest BCUT2D eigenvalue weighted by molar-refractivity contribution is -0.140. The first-order valence-electron chi connectivity index (χ1n) is 7.59. The van der Waals surface area contributed by atoms with Gasteiger partial charge >= 0.3 is 0 Å². The zero-order chi connectivity index (χ0) is 14.4. The van der Waals surface area contributed by atoms with E-state index in [1.54, 1.807) is 0 Å². The van der Waals surface area contributed by atoms with Crippen LogP contribution in [0.15, 0.2) is 0 Å². The molecule has 0 aromatic heterocycles. The minimum Gasteiger partial charge on any atom is -0.303 e. The molecule has 1 heterocycles. The third-order valence-electron chi connectivity index (χ3n) is 3.68. The van der Waals surface area contributed by atoms with Gasteiger partial charge in [0, 0.05) is 12.1 Å². The minimum absolute atomic E-state index is 0.0355. The predicted octanol–water partition coefficient (Wildman–Crippen LogP) is 2.47. The van der Waals surface area contributed by atoms with Gasteiger partial charge in [-0.1, -0.05) is 32.6 Å². The summed E-state index contributed by atoms with van der Waals surface area (Å²) in [6.07, 6.45) is 6.33. The summed E-state index contributed by atoms with van der Waals surface area (Å²) in [4.78, 5) is 25.3. The third-order valence-corrected chi connectivity index (χ3v) is 3.68. The normalized spacial score (nSPS) is 21.5. The van der Waals surface area contributed by atoms with Crippen molar-refractivity contribution in [2.45, 2.75) is 84.3 Å². The van der Waals surface area contributed by atoms with Gasteiger partial charge in [0.1, 0.15) is 0 Å². The minimum atomic E-state index is -0.309. The van der Waals surface area contributed by atoms with Crippen LogP contribution in [0.3, 0.4) is 0 Å². The fourth-order valence-corrected chi connectivity index (χ4v) is 2.63. The van der Waals surface area contributed by atoms with Crippen LogP contribution in [0.25, 0.3) is 0 Å². The van der Waals surface area contributed by atoms with Crippen LogP contribution >= 0.6 is 0 Å². The van der Waals surface area contributed by atoms with E-state index in [1.807, 2.05) is 13.8 Å². The quantitative estimate of drug-likeness (QED) is 0.543. The molecule has 1 aliphatic heterocycles. The lowest BCUT2D eigenvalue weighted by Crippen LogP contribution is -2.44. The van der Waals surface area contributed by atoms with Crippen molar-refractivity contribution in [3.63, 3.8) is 0 Å². The van der Waals surface area contributed by atoms with Gasteiger partial charge in [0.25, 0.3) is 0 Å². The van der Waals surface area contributed by atoms with Crippen molar-refractivity contribution in [3.8, 4) is 0 Å². The molecule has 0 aromatic rings. The summed E-state index contributed by atoms with van der Waals surface area (Å²) in [6, 6.07) is -0.0477. The lowest BCUT2D eigenvalue weighted by Gasteiger charge is -2.21. The van der Waals surface area contributed by atoms with E-state index in [-0.39, 0.29) is 23.9 Å². The Bertz CT molecular complexity index is 315. The highest BCUT2D eigenvalue weighted by atomic mass is 16.2. The number of carbonyl (C=O) groups excluding carboxylic acids is 2. The maximum atomic E-state index is 12.1. The second-order valence-corrected chi connectivity index (χ2v) is 5.87. The van der Waals surface area contributed by atoms with Crippen molar-refractivity contribution in [1.29, 1.82) is 0 Å². The maximum Gasteiger partial charge on any atom is 0.247 e. The van der Waals surface area contributed by atoms with E-state index >= 15 is 0 Å². The molecule has 0 radical (unpaired) electrons. The summed E-state index contributed by atoms with van der Waals surface area (Å²) in [5, 5.41) is 3.31. The number of carbonyl (C=O) groups is 2. The summed E-state index contributed by atoms with van der Waals surface area (Å²) in [5.41, 5.74) is 0. The highest BCUT2D eigenvalue weighted by Crippen LogP contribution is 2.17. The molecule has 4 nitrogen and oxygen atoms in total. The van der Waals surface area contributed by atoms with Gasteiger partial charge in [-0.3, -0.25) is 14.5 Å². The molecule has 0 saturated carbocycles. The number of likely N-dealkylation sites (tertiary alicyclic amines) is 1. The van der Waals surface area contributed by atoms with Crippen LogP contribution in [-0.4, -0.2) is 34.8 Å². The number of unbranched alkanes of at least 4 members (excludes halogenated alkanes) is 3. The first-order chi connectivity index (χ1) is 8.97. The van der Waals surface area contributed by atoms with E-state index in [4.69, 9.17) is 0 Å². The molecule has 19 heavy (non-hydrogen) atoms. The largest absolute Gasteiger partial charge is 0.303 e. The molecular formula is C15H28N2O2. The van der Waals surface area contributed by atoms with Gasteiger partial charge in [0.2, 0.25) is 11.8 Å². The summed E-state index contributed by atoms with van der Waals surface area (Å²) in [6.45, 7) is 8.06. The summed E-state index contributed by atoms with van der Waals surface area (Å²) < 4.78 is 0. The van der Waals surface area contributed by atoms with Crippen molar-refractivity contribution in [2.75, 3.05) is 0 Å². The highest BCUT2D eigenvalue weighted by molar-refractivity contribution is 6.05. The Morgan fingerprint density at radius 2 is 1.89 bits per heavy atom. The van der Waals surface area contributed by atoms with E-state index in [2.05, 4.69) is 19.2 Å². The molecule has 0 bridgehead atoms. The van der Waals surface area contributed by atoms with Gasteiger partial charge in [0.05, 0.1) is 12.5 Å². The number of hydrogen-bond acceptors (Lipinski definition) is 3. The fourth-order valence-electron chi connectivity index (χ4n) is 2.63. The zero-order valence-electron chi connectivity index (χ0n) is 12.7. The summed E-state index contributed by atoms with van der Waals surface area (Å²) in [7, 11) is 0. The van der Waals surface area contributed by atoms with Crippen molar-refractivity contribution >= 4 is 11.8 Å². The molecule has 0 aromatic carbocycles. The Morgan fingerprint density at radius 3 is 2.42 bits per heavy atom. The standard InChI is InChI=1S/C15H28N2O2/c1-5-6-7-8-9-12(4)16-13-10-14(18)17(11(2)3)15(13)19/h11-13,16H,5-10H2,1-4H3. The van der Waals surface area contributed by atoms with Crippen molar-refractivity contribution in [1.82, 2.24) is 10.2 Å². The maximum absolute atomic E-state index is 12.1. The van der Waals surface area contributed by atoms with Gasteiger partial charge in [-0.25, -0.2) is 0 Å². The molecular weight excluding hydrogens is 240 g/mol. The molecule has 0 aliphatic carbocycles. The Morgan fingerprint density at radius 1 is 1.21 bits per heavy atom. The average Bonchev–Trinajstić information content (AvgIpc) is 2.60. The Labute approximate surface area is 116 Å². The van der Waals surface area contributed by atoms with Crippen molar-refractivity contribution in [3.05, 3.63) is 0 Å². The van der Waals surface area contributed by atoms with E-state index < -0.39 is 0 Å². The lowest BCUT2D eigenvalue weighted by atomic mass is 10.1. The molecule has 2 atom stereocenters. The smallest absolute Gasteiger partial charge is 0.247 e. The van der Waals surface area contributed by atoms with Gasteiger partial charge < -0.3 is 5.32 Å². The van der Waals surface area contributed by atoms with E-state index in [1.165, 1.54) is 30.6 Å². The number of amides is 2. The molecule has 2 unspecified atom stereocenters. The second kappa shape index (κ2) is 7.63. The summed E-state index contributed by atoms with van der Waals surface area (Å²) >= 11 is 0. The number of hydrogen-bond donors (Lipinski definition) is 1. The van der Waals surface area contributed by atoms with Crippen LogP contribution in [0.2, 0.25) is 0 Å². The second-order valence-electron chi connectivity index (χ2n) is 5.87. The topological polar surface area (TPSA) is 49.4 Å². The van der Waals surface area contributed by atoms with Crippen molar-refractivity contribution < 1.29 is 9.59 Å².